The minimum atomic E-state index is -0.561. The van der Waals surface area contributed by atoms with Crippen molar-refractivity contribution in [3.63, 3.8) is 0 Å². The van der Waals surface area contributed by atoms with E-state index >= 15 is 0 Å². The van der Waals surface area contributed by atoms with Crippen molar-refractivity contribution >= 4 is 40.1 Å². The predicted molar refractivity (Wildman–Crippen MR) is 139 cm³/mol. The number of carbonyl (C=O) groups is 2. The SMILES string of the molecule is N#Cc1ccccc1NC(=O)COC(=O)c1c2c(nc3ccccc13)/C(=C/c1ccccc1)CCC2. The monoisotopic (exact) mass is 473 g/mol. The highest BCUT2D eigenvalue weighted by atomic mass is 16.5. The Hall–Kier alpha value is -4.76. The van der Waals surface area contributed by atoms with Crippen molar-refractivity contribution in [2.24, 2.45) is 0 Å². The van der Waals surface area contributed by atoms with Crippen molar-refractivity contribution in [2.45, 2.75) is 19.3 Å². The van der Waals surface area contributed by atoms with E-state index in [0.29, 0.717) is 34.1 Å². The Morgan fingerprint density at radius 2 is 1.72 bits per heavy atom. The second-order valence-electron chi connectivity index (χ2n) is 8.55. The first-order valence-electron chi connectivity index (χ1n) is 11.8. The molecule has 6 nitrogen and oxygen atoms in total. The topological polar surface area (TPSA) is 92.1 Å². The number of amides is 1. The van der Waals surface area contributed by atoms with Crippen LogP contribution < -0.4 is 5.32 Å². The Bertz CT molecular complexity index is 1530. The van der Waals surface area contributed by atoms with Crippen molar-refractivity contribution in [2.75, 3.05) is 11.9 Å². The quantitative estimate of drug-likeness (QED) is 0.371. The summed E-state index contributed by atoms with van der Waals surface area (Å²) in [6, 6.07) is 26.2. The number of benzene rings is 3. The van der Waals surface area contributed by atoms with Gasteiger partial charge in [-0.25, -0.2) is 9.78 Å². The Kier molecular flexibility index (Phi) is 6.55. The second-order valence-corrected chi connectivity index (χ2v) is 8.55. The average molecular weight is 474 g/mol. The Morgan fingerprint density at radius 3 is 2.56 bits per heavy atom. The molecule has 0 saturated heterocycles. The number of allylic oxidation sites excluding steroid dienone is 1. The number of anilines is 1. The number of nitrogens with zero attached hydrogens (tertiary/aromatic N) is 2. The average Bonchev–Trinajstić information content (AvgIpc) is 2.91. The number of ether oxygens (including phenoxy) is 1. The van der Waals surface area contributed by atoms with Crippen LogP contribution in [0.5, 0.6) is 0 Å². The maximum atomic E-state index is 13.4. The van der Waals surface area contributed by atoms with Crippen molar-refractivity contribution in [1.82, 2.24) is 4.98 Å². The van der Waals surface area contributed by atoms with E-state index in [1.54, 1.807) is 24.3 Å². The largest absolute Gasteiger partial charge is 0.452 e. The number of carbonyl (C=O) groups excluding carboxylic acids is 2. The zero-order valence-corrected chi connectivity index (χ0v) is 19.5. The first-order valence-corrected chi connectivity index (χ1v) is 11.8. The van der Waals surface area contributed by atoms with Crippen LogP contribution in [0.3, 0.4) is 0 Å². The number of rotatable bonds is 5. The molecule has 1 aliphatic carbocycles. The molecule has 0 saturated carbocycles. The van der Waals surface area contributed by atoms with Crippen molar-refractivity contribution in [1.29, 1.82) is 5.26 Å². The van der Waals surface area contributed by atoms with Crippen LogP contribution in [-0.4, -0.2) is 23.5 Å². The van der Waals surface area contributed by atoms with E-state index in [1.807, 2.05) is 60.7 Å². The summed E-state index contributed by atoms with van der Waals surface area (Å²) >= 11 is 0. The standard InChI is InChI=1S/C30H23N3O3/c31-18-22-11-4-6-15-25(22)32-27(34)19-36-30(35)28-23-13-5-7-16-26(23)33-29-21(12-8-14-24(28)29)17-20-9-2-1-3-10-20/h1-7,9-11,13,15-17H,8,12,14,19H2,(H,32,34)/b21-17+. The molecular weight excluding hydrogens is 450 g/mol. The Morgan fingerprint density at radius 1 is 0.972 bits per heavy atom. The molecule has 1 amide bonds. The van der Waals surface area contributed by atoms with Gasteiger partial charge in [-0.15, -0.1) is 0 Å². The molecule has 0 radical (unpaired) electrons. The van der Waals surface area contributed by atoms with Gasteiger partial charge in [0.2, 0.25) is 0 Å². The third kappa shape index (κ3) is 4.73. The maximum Gasteiger partial charge on any atom is 0.339 e. The van der Waals surface area contributed by atoms with Gasteiger partial charge in [-0.2, -0.15) is 5.26 Å². The van der Waals surface area contributed by atoms with Crippen LogP contribution in [0.25, 0.3) is 22.6 Å². The zero-order chi connectivity index (χ0) is 24.9. The van der Waals surface area contributed by atoms with Crippen LogP contribution >= 0.6 is 0 Å². The van der Waals surface area contributed by atoms with E-state index in [1.165, 1.54) is 0 Å². The van der Waals surface area contributed by atoms with E-state index in [4.69, 9.17) is 9.72 Å². The lowest BCUT2D eigenvalue weighted by molar-refractivity contribution is -0.119. The van der Waals surface area contributed by atoms with E-state index < -0.39 is 18.5 Å². The molecule has 176 valence electrons. The van der Waals surface area contributed by atoms with Gasteiger partial charge in [0.15, 0.2) is 6.61 Å². The highest BCUT2D eigenvalue weighted by molar-refractivity contribution is 6.07. The lowest BCUT2D eigenvalue weighted by Gasteiger charge is -2.22. The molecule has 0 spiro atoms. The molecule has 0 bridgehead atoms. The summed E-state index contributed by atoms with van der Waals surface area (Å²) in [4.78, 5) is 30.8. The highest BCUT2D eigenvalue weighted by Crippen LogP contribution is 2.36. The Labute approximate surface area is 208 Å². The minimum absolute atomic E-state index is 0.337. The summed E-state index contributed by atoms with van der Waals surface area (Å²) in [7, 11) is 0. The fourth-order valence-electron chi connectivity index (χ4n) is 4.54. The molecule has 1 heterocycles. The van der Waals surface area contributed by atoms with Crippen LogP contribution in [0, 0.1) is 11.3 Å². The molecule has 1 aliphatic rings. The molecule has 1 aromatic heterocycles. The number of pyridine rings is 1. The molecule has 0 atom stereocenters. The molecule has 5 rings (SSSR count). The zero-order valence-electron chi connectivity index (χ0n) is 19.5. The van der Waals surface area contributed by atoms with Gasteiger partial charge in [0.25, 0.3) is 5.91 Å². The van der Waals surface area contributed by atoms with Gasteiger partial charge in [-0.3, -0.25) is 4.79 Å². The lowest BCUT2D eigenvalue weighted by Crippen LogP contribution is -2.23. The number of aromatic nitrogens is 1. The molecular formula is C30H23N3O3. The predicted octanol–water partition coefficient (Wildman–Crippen LogP) is 5.78. The molecule has 6 heteroatoms. The van der Waals surface area contributed by atoms with E-state index in [2.05, 4.69) is 11.4 Å². The smallest absolute Gasteiger partial charge is 0.339 e. The van der Waals surface area contributed by atoms with E-state index in [9.17, 15) is 14.9 Å². The van der Waals surface area contributed by atoms with Crippen molar-refractivity contribution in [3.8, 4) is 6.07 Å². The molecule has 0 aliphatic heterocycles. The number of hydrogen-bond acceptors (Lipinski definition) is 5. The van der Waals surface area contributed by atoms with Crippen molar-refractivity contribution < 1.29 is 14.3 Å². The molecule has 36 heavy (non-hydrogen) atoms. The third-order valence-corrected chi connectivity index (χ3v) is 6.17. The summed E-state index contributed by atoms with van der Waals surface area (Å²) in [5, 5.41) is 12.6. The molecule has 4 aromatic rings. The highest BCUT2D eigenvalue weighted by Gasteiger charge is 2.26. The van der Waals surface area contributed by atoms with Crippen LogP contribution in [0.1, 0.15) is 45.6 Å². The van der Waals surface area contributed by atoms with E-state index in [0.717, 1.165) is 35.2 Å². The fourth-order valence-corrected chi connectivity index (χ4v) is 4.54. The van der Waals surface area contributed by atoms with Gasteiger partial charge in [0.1, 0.15) is 6.07 Å². The number of nitrogens with one attached hydrogen (secondary N) is 1. The van der Waals surface area contributed by atoms with Gasteiger partial charge in [-0.1, -0.05) is 60.7 Å². The molecule has 0 fully saturated rings. The summed E-state index contributed by atoms with van der Waals surface area (Å²) in [6.07, 6.45) is 4.57. The number of nitriles is 1. The lowest BCUT2D eigenvalue weighted by atomic mass is 9.86. The van der Waals surface area contributed by atoms with Crippen LogP contribution in [-0.2, 0) is 16.0 Å². The first-order chi connectivity index (χ1) is 17.6. The van der Waals surface area contributed by atoms with E-state index in [-0.39, 0.29) is 0 Å². The van der Waals surface area contributed by atoms with Crippen LogP contribution in [0.15, 0.2) is 78.9 Å². The number of fused-ring (bicyclic) bond motifs is 2. The van der Waals surface area contributed by atoms with Crippen molar-refractivity contribution in [3.05, 3.63) is 107 Å². The fraction of sp³-hybridized carbons (Fsp3) is 0.133. The summed E-state index contributed by atoms with van der Waals surface area (Å²) in [6.45, 7) is -0.462. The second kappa shape index (κ2) is 10.2. The molecule has 1 N–H and O–H groups in total. The van der Waals surface area contributed by atoms with Crippen LogP contribution in [0.2, 0.25) is 0 Å². The van der Waals surface area contributed by atoms with Crippen LogP contribution in [0.4, 0.5) is 5.69 Å². The molecule has 0 unspecified atom stereocenters. The van der Waals surface area contributed by atoms with Gasteiger partial charge < -0.3 is 10.1 Å². The summed E-state index contributed by atoms with van der Waals surface area (Å²) in [5.41, 5.74) is 5.69. The number of hydrogen-bond donors (Lipinski definition) is 1. The molecule has 3 aromatic carbocycles. The minimum Gasteiger partial charge on any atom is -0.452 e. The Balaban J connectivity index is 1.46. The first kappa shape index (κ1) is 23.0. The summed E-state index contributed by atoms with van der Waals surface area (Å²) < 4.78 is 5.48. The van der Waals surface area contributed by atoms with Gasteiger partial charge in [-0.05, 0) is 60.2 Å². The number of esters is 1. The number of para-hydroxylation sites is 2. The normalized spacial score (nSPS) is 13.6. The summed E-state index contributed by atoms with van der Waals surface area (Å²) in [5.74, 6) is -1.07. The van der Waals surface area contributed by atoms with Gasteiger partial charge >= 0.3 is 5.97 Å². The van der Waals surface area contributed by atoms with Gasteiger partial charge in [0.05, 0.1) is 28.0 Å². The third-order valence-electron chi connectivity index (χ3n) is 6.17. The maximum absolute atomic E-state index is 13.4. The van der Waals surface area contributed by atoms with Gasteiger partial charge in [0, 0.05) is 5.39 Å².